The maximum atomic E-state index is 15.0. The third-order valence-electron chi connectivity index (χ3n) is 4.57. The monoisotopic (exact) mass is 585 g/mol. The molecule has 3 rings (SSSR count). The summed E-state index contributed by atoms with van der Waals surface area (Å²) in [7, 11) is 3.12. The van der Waals surface area contributed by atoms with Crippen LogP contribution in [0.5, 0.6) is 11.5 Å². The second kappa shape index (κ2) is 10.0. The van der Waals surface area contributed by atoms with E-state index < -0.39 is 29.7 Å². The molecule has 0 saturated heterocycles. The van der Waals surface area contributed by atoms with E-state index in [9.17, 15) is 14.4 Å². The fourth-order valence-corrected chi connectivity index (χ4v) is 3.67. The lowest BCUT2D eigenvalue weighted by Crippen LogP contribution is -2.37. The Morgan fingerprint density at radius 1 is 1.26 bits per heavy atom. The summed E-state index contributed by atoms with van der Waals surface area (Å²) in [4.78, 5) is 39.1. The normalized spacial score (nSPS) is 13.0. The number of halogens is 2. The molecule has 0 bridgehead atoms. The van der Waals surface area contributed by atoms with Gasteiger partial charge in [-0.15, -0.1) is 0 Å². The van der Waals surface area contributed by atoms with Crippen LogP contribution in [-0.2, 0) is 17.8 Å². The summed E-state index contributed by atoms with van der Waals surface area (Å²) < 4.78 is 31.6. The first-order valence-electron chi connectivity index (χ1n) is 10.3. The minimum absolute atomic E-state index is 0.0561. The number of ether oxygens (including phenoxy) is 3. The largest absolute Gasteiger partial charge is 0.444 e. The van der Waals surface area contributed by atoms with E-state index in [1.54, 1.807) is 47.0 Å². The number of nitrogens with one attached hydrogen (secondary N) is 1. The molecule has 9 nitrogen and oxygen atoms in total. The third-order valence-corrected chi connectivity index (χ3v) is 5.41. The zero-order chi connectivity index (χ0) is 25.2. The standard InChI is InChI=1S/C23H25FIN3O6/c1-23(2,3)34-20(29)26-16-8-6-7-13(19(16)24)11-28-12-14-9-15(25)18(33-21(30)27(4)5)10-17(14)32-22(28)31/h6-10H,11-12H2,1-5H3,(H,26,29). The number of carbonyl (C=O) groups is 3. The minimum Gasteiger partial charge on any atom is -0.444 e. The molecule has 0 aromatic heterocycles. The van der Waals surface area contributed by atoms with Gasteiger partial charge in [0.25, 0.3) is 0 Å². The lowest BCUT2D eigenvalue weighted by molar-refractivity contribution is 0.0635. The molecule has 0 saturated carbocycles. The molecule has 0 unspecified atom stereocenters. The Balaban J connectivity index is 1.76. The second-order valence-electron chi connectivity index (χ2n) is 8.78. The Hall–Kier alpha value is -3.09. The number of fused-ring (bicyclic) bond motifs is 1. The molecule has 3 amide bonds. The number of nitrogens with zero attached hydrogens (tertiary/aromatic N) is 2. The van der Waals surface area contributed by atoms with Gasteiger partial charge in [0, 0.05) is 31.3 Å². The first-order valence-corrected chi connectivity index (χ1v) is 11.4. The van der Waals surface area contributed by atoms with E-state index in [1.165, 1.54) is 28.0 Å². The first kappa shape index (κ1) is 25.5. The smallest absolute Gasteiger partial charge is 0.415 e. The van der Waals surface area contributed by atoms with Crippen LogP contribution in [0.4, 0.5) is 24.5 Å². The SMILES string of the molecule is CN(C)C(=O)Oc1cc2c(cc1I)CN(Cc1cccc(NC(=O)OC(C)(C)C)c1F)C(=O)O2. The van der Waals surface area contributed by atoms with Crippen molar-refractivity contribution in [2.75, 3.05) is 19.4 Å². The van der Waals surface area contributed by atoms with Crippen LogP contribution < -0.4 is 14.8 Å². The molecule has 0 radical (unpaired) electrons. The number of amides is 3. The van der Waals surface area contributed by atoms with Crippen LogP contribution in [0.2, 0.25) is 0 Å². The van der Waals surface area contributed by atoms with Gasteiger partial charge in [-0.2, -0.15) is 0 Å². The zero-order valence-corrected chi connectivity index (χ0v) is 21.6. The number of carbonyl (C=O) groups excluding carboxylic acids is 3. The Morgan fingerprint density at radius 2 is 1.97 bits per heavy atom. The van der Waals surface area contributed by atoms with E-state index in [-0.39, 0.29) is 35.8 Å². The van der Waals surface area contributed by atoms with Crippen LogP contribution in [0.25, 0.3) is 0 Å². The highest BCUT2D eigenvalue weighted by atomic mass is 127. The molecule has 0 spiro atoms. The van der Waals surface area contributed by atoms with Gasteiger partial charge in [0.2, 0.25) is 0 Å². The van der Waals surface area contributed by atoms with Crippen LogP contribution in [0.3, 0.4) is 0 Å². The highest BCUT2D eigenvalue weighted by Crippen LogP contribution is 2.35. The molecule has 0 fully saturated rings. The number of hydrogen-bond donors (Lipinski definition) is 1. The topological polar surface area (TPSA) is 97.4 Å². The average Bonchev–Trinajstić information content (AvgIpc) is 2.71. The summed E-state index contributed by atoms with van der Waals surface area (Å²) in [5, 5.41) is 2.39. The molecule has 1 heterocycles. The van der Waals surface area contributed by atoms with Crippen molar-refractivity contribution in [3.63, 3.8) is 0 Å². The molecule has 1 aliphatic rings. The first-order chi connectivity index (χ1) is 15.8. The van der Waals surface area contributed by atoms with Crippen molar-refractivity contribution < 1.29 is 33.0 Å². The Morgan fingerprint density at radius 3 is 2.62 bits per heavy atom. The minimum atomic E-state index is -0.782. The Bertz CT molecular complexity index is 1130. The van der Waals surface area contributed by atoms with Crippen molar-refractivity contribution in [1.82, 2.24) is 9.80 Å². The lowest BCUT2D eigenvalue weighted by atomic mass is 10.1. The fraction of sp³-hybridized carbons (Fsp3) is 0.348. The van der Waals surface area contributed by atoms with E-state index in [4.69, 9.17) is 14.2 Å². The third kappa shape index (κ3) is 6.27. The number of hydrogen-bond acceptors (Lipinski definition) is 6. The van der Waals surface area contributed by atoms with Gasteiger partial charge < -0.3 is 19.1 Å². The summed E-state index contributed by atoms with van der Waals surface area (Å²) >= 11 is 2.02. The molecule has 1 aliphatic heterocycles. The van der Waals surface area contributed by atoms with Crippen molar-refractivity contribution in [1.29, 1.82) is 0 Å². The maximum absolute atomic E-state index is 15.0. The van der Waals surface area contributed by atoms with Crippen molar-refractivity contribution >= 4 is 46.6 Å². The van der Waals surface area contributed by atoms with Crippen LogP contribution in [0, 0.1) is 9.39 Å². The molecule has 0 atom stereocenters. The summed E-state index contributed by atoms with van der Waals surface area (Å²) in [6.45, 7) is 5.19. The molecule has 1 N–H and O–H groups in total. The van der Waals surface area contributed by atoms with Crippen molar-refractivity contribution in [2.45, 2.75) is 39.5 Å². The molecular formula is C23H25FIN3O6. The Kier molecular flexibility index (Phi) is 7.54. The molecule has 11 heteroatoms. The van der Waals surface area contributed by atoms with Crippen LogP contribution in [0.1, 0.15) is 31.9 Å². The highest BCUT2D eigenvalue weighted by Gasteiger charge is 2.28. The van der Waals surface area contributed by atoms with Gasteiger partial charge in [-0.05, 0) is 55.5 Å². The molecule has 182 valence electrons. The average molecular weight is 585 g/mol. The highest BCUT2D eigenvalue weighted by molar-refractivity contribution is 14.1. The molecular weight excluding hydrogens is 560 g/mol. The summed E-state index contributed by atoms with van der Waals surface area (Å²) in [5.41, 5.74) is 0.0855. The van der Waals surface area contributed by atoms with Gasteiger partial charge >= 0.3 is 18.3 Å². The van der Waals surface area contributed by atoms with Gasteiger partial charge in [0.1, 0.15) is 17.1 Å². The van der Waals surface area contributed by atoms with Gasteiger partial charge in [0.05, 0.1) is 22.3 Å². The quantitative estimate of drug-likeness (QED) is 0.486. The number of benzene rings is 2. The van der Waals surface area contributed by atoms with Gasteiger partial charge in [-0.25, -0.2) is 18.8 Å². The van der Waals surface area contributed by atoms with E-state index in [2.05, 4.69) is 5.32 Å². The van der Waals surface area contributed by atoms with Gasteiger partial charge in [0.15, 0.2) is 5.82 Å². The number of rotatable bonds is 4. The maximum Gasteiger partial charge on any atom is 0.415 e. The van der Waals surface area contributed by atoms with Crippen LogP contribution in [0.15, 0.2) is 30.3 Å². The molecule has 0 aliphatic carbocycles. The van der Waals surface area contributed by atoms with Crippen molar-refractivity contribution in [3.05, 3.63) is 50.8 Å². The van der Waals surface area contributed by atoms with E-state index >= 15 is 4.39 Å². The van der Waals surface area contributed by atoms with E-state index in [1.807, 2.05) is 22.6 Å². The summed E-state index contributed by atoms with van der Waals surface area (Å²) in [6, 6.07) is 7.73. The van der Waals surface area contributed by atoms with Crippen LogP contribution >= 0.6 is 22.6 Å². The lowest BCUT2D eigenvalue weighted by Gasteiger charge is -2.29. The number of anilines is 1. The van der Waals surface area contributed by atoms with E-state index in [0.717, 1.165) is 0 Å². The van der Waals surface area contributed by atoms with Gasteiger partial charge in [-0.1, -0.05) is 12.1 Å². The second-order valence-corrected chi connectivity index (χ2v) is 9.94. The van der Waals surface area contributed by atoms with Gasteiger partial charge in [-0.3, -0.25) is 10.2 Å². The predicted molar refractivity (Wildman–Crippen MR) is 130 cm³/mol. The molecule has 2 aromatic carbocycles. The fourth-order valence-electron chi connectivity index (χ4n) is 3.02. The van der Waals surface area contributed by atoms with E-state index in [0.29, 0.717) is 9.13 Å². The zero-order valence-electron chi connectivity index (χ0n) is 19.4. The Labute approximate surface area is 210 Å². The predicted octanol–water partition coefficient (Wildman–Crippen LogP) is 5.35. The van der Waals surface area contributed by atoms with Crippen molar-refractivity contribution in [3.8, 4) is 11.5 Å². The summed E-state index contributed by atoms with van der Waals surface area (Å²) in [5.74, 6) is -0.136. The van der Waals surface area contributed by atoms with Crippen molar-refractivity contribution in [2.24, 2.45) is 0 Å². The molecule has 34 heavy (non-hydrogen) atoms. The molecule has 2 aromatic rings. The van der Waals surface area contributed by atoms with Crippen LogP contribution in [-0.4, -0.2) is 47.8 Å². The summed E-state index contributed by atoms with van der Waals surface area (Å²) in [6.07, 6.45) is -2.02.